The van der Waals surface area contributed by atoms with Crippen molar-refractivity contribution < 1.29 is 4.39 Å². The van der Waals surface area contributed by atoms with E-state index in [1.165, 1.54) is 5.56 Å². The first kappa shape index (κ1) is 15.7. The maximum atomic E-state index is 14.2. The predicted molar refractivity (Wildman–Crippen MR) is 87.0 cm³/mol. The van der Waals surface area contributed by atoms with Gasteiger partial charge < -0.3 is 5.32 Å². The summed E-state index contributed by atoms with van der Waals surface area (Å²) >= 11 is 0. The smallest absolute Gasteiger partial charge is 0.128 e. The SMILES string of the molecule is CNC(c1ccc(CC(C)C)cc1)c1ccc(C)cc1F. The number of hydrogen-bond donors (Lipinski definition) is 1. The highest BCUT2D eigenvalue weighted by Gasteiger charge is 2.16. The summed E-state index contributed by atoms with van der Waals surface area (Å²) in [6, 6.07) is 13.8. The van der Waals surface area contributed by atoms with Crippen LogP contribution in [0.2, 0.25) is 0 Å². The minimum atomic E-state index is -0.152. The van der Waals surface area contributed by atoms with Crippen molar-refractivity contribution in [3.63, 3.8) is 0 Å². The van der Waals surface area contributed by atoms with Crippen molar-refractivity contribution >= 4 is 0 Å². The molecule has 0 aromatic heterocycles. The first-order chi connectivity index (χ1) is 10.0. The van der Waals surface area contributed by atoms with Gasteiger partial charge in [0.15, 0.2) is 0 Å². The van der Waals surface area contributed by atoms with Crippen molar-refractivity contribution in [2.24, 2.45) is 5.92 Å². The van der Waals surface area contributed by atoms with Gasteiger partial charge in [-0.05, 0) is 49.1 Å². The van der Waals surface area contributed by atoms with E-state index in [1.807, 2.05) is 26.1 Å². The van der Waals surface area contributed by atoms with Gasteiger partial charge >= 0.3 is 0 Å². The van der Waals surface area contributed by atoms with Gasteiger partial charge in [0.25, 0.3) is 0 Å². The molecule has 1 N–H and O–H groups in total. The number of benzene rings is 2. The Labute approximate surface area is 127 Å². The second-order valence-corrected chi connectivity index (χ2v) is 6.09. The summed E-state index contributed by atoms with van der Waals surface area (Å²) in [6.07, 6.45) is 1.07. The van der Waals surface area contributed by atoms with Crippen LogP contribution in [-0.4, -0.2) is 7.05 Å². The molecule has 2 heteroatoms. The van der Waals surface area contributed by atoms with Gasteiger partial charge in [0.1, 0.15) is 5.82 Å². The van der Waals surface area contributed by atoms with Crippen LogP contribution in [0.3, 0.4) is 0 Å². The Morgan fingerprint density at radius 3 is 2.24 bits per heavy atom. The van der Waals surface area contributed by atoms with Gasteiger partial charge in [0.05, 0.1) is 6.04 Å². The van der Waals surface area contributed by atoms with E-state index in [0.717, 1.165) is 17.5 Å². The van der Waals surface area contributed by atoms with E-state index in [1.54, 1.807) is 6.07 Å². The minimum absolute atomic E-state index is 0.112. The predicted octanol–water partition coefficient (Wildman–Crippen LogP) is 4.64. The summed E-state index contributed by atoms with van der Waals surface area (Å²) in [7, 11) is 1.87. The lowest BCUT2D eigenvalue weighted by Gasteiger charge is -2.19. The Bertz CT molecular complexity index is 587. The van der Waals surface area contributed by atoms with Crippen LogP contribution in [0.15, 0.2) is 42.5 Å². The summed E-state index contributed by atoms with van der Waals surface area (Å²) in [4.78, 5) is 0. The van der Waals surface area contributed by atoms with Gasteiger partial charge in [-0.15, -0.1) is 0 Å². The van der Waals surface area contributed by atoms with Crippen LogP contribution in [0.1, 0.15) is 42.1 Å². The van der Waals surface area contributed by atoms with E-state index in [2.05, 4.69) is 43.4 Å². The van der Waals surface area contributed by atoms with Crippen LogP contribution >= 0.6 is 0 Å². The zero-order valence-electron chi connectivity index (χ0n) is 13.3. The molecule has 0 saturated carbocycles. The van der Waals surface area contributed by atoms with Crippen LogP contribution < -0.4 is 5.32 Å². The Morgan fingerprint density at radius 2 is 1.71 bits per heavy atom. The average molecular weight is 285 g/mol. The van der Waals surface area contributed by atoms with Gasteiger partial charge in [0.2, 0.25) is 0 Å². The lowest BCUT2D eigenvalue weighted by molar-refractivity contribution is 0.575. The van der Waals surface area contributed by atoms with Gasteiger partial charge in [0, 0.05) is 5.56 Å². The van der Waals surface area contributed by atoms with Crippen LogP contribution in [0.5, 0.6) is 0 Å². The van der Waals surface area contributed by atoms with Crippen molar-refractivity contribution in [2.75, 3.05) is 7.05 Å². The normalized spacial score (nSPS) is 12.7. The molecule has 0 aliphatic rings. The van der Waals surface area contributed by atoms with Crippen LogP contribution in [0, 0.1) is 18.7 Å². The second kappa shape index (κ2) is 6.86. The third-order valence-corrected chi connectivity index (χ3v) is 3.71. The summed E-state index contributed by atoms with van der Waals surface area (Å²) in [6.45, 7) is 6.33. The Kier molecular flexibility index (Phi) is 5.13. The molecule has 2 rings (SSSR count). The monoisotopic (exact) mass is 285 g/mol. The van der Waals surface area contributed by atoms with E-state index in [-0.39, 0.29) is 11.9 Å². The van der Waals surface area contributed by atoms with Crippen molar-refractivity contribution in [1.82, 2.24) is 5.32 Å². The van der Waals surface area contributed by atoms with E-state index in [0.29, 0.717) is 11.5 Å². The maximum Gasteiger partial charge on any atom is 0.128 e. The van der Waals surface area contributed by atoms with Gasteiger partial charge in [-0.3, -0.25) is 0 Å². The van der Waals surface area contributed by atoms with Crippen LogP contribution in [0.25, 0.3) is 0 Å². The van der Waals surface area contributed by atoms with E-state index < -0.39 is 0 Å². The van der Waals surface area contributed by atoms with Crippen molar-refractivity contribution in [3.8, 4) is 0 Å². The fourth-order valence-electron chi connectivity index (χ4n) is 2.69. The third kappa shape index (κ3) is 3.92. The summed E-state index contributed by atoms with van der Waals surface area (Å²) < 4.78 is 14.2. The van der Waals surface area contributed by atoms with Crippen molar-refractivity contribution in [3.05, 3.63) is 70.5 Å². The molecule has 0 spiro atoms. The molecular formula is C19H24FN. The Morgan fingerprint density at radius 1 is 1.05 bits per heavy atom. The largest absolute Gasteiger partial charge is 0.309 e. The molecule has 0 amide bonds. The lowest BCUT2D eigenvalue weighted by Crippen LogP contribution is -2.19. The lowest BCUT2D eigenvalue weighted by atomic mass is 9.95. The van der Waals surface area contributed by atoms with Gasteiger partial charge in [-0.25, -0.2) is 4.39 Å². The molecule has 0 fully saturated rings. The molecule has 2 aromatic rings. The molecule has 0 saturated heterocycles. The molecular weight excluding hydrogens is 261 g/mol. The number of hydrogen-bond acceptors (Lipinski definition) is 1. The molecule has 1 nitrogen and oxygen atoms in total. The standard InChI is InChI=1S/C19H24FN/c1-13(2)11-15-6-8-16(9-7-15)19(21-4)17-10-5-14(3)12-18(17)20/h5-10,12-13,19,21H,11H2,1-4H3. The first-order valence-electron chi connectivity index (χ1n) is 7.53. The molecule has 0 aliphatic heterocycles. The first-order valence-corrected chi connectivity index (χ1v) is 7.53. The van der Waals surface area contributed by atoms with E-state index in [9.17, 15) is 4.39 Å². The molecule has 0 radical (unpaired) electrons. The van der Waals surface area contributed by atoms with Gasteiger partial charge in [-0.1, -0.05) is 50.2 Å². The number of nitrogens with one attached hydrogen (secondary N) is 1. The minimum Gasteiger partial charge on any atom is -0.309 e. The Balaban J connectivity index is 2.28. The quantitative estimate of drug-likeness (QED) is 0.843. The van der Waals surface area contributed by atoms with Crippen molar-refractivity contribution in [2.45, 2.75) is 33.2 Å². The highest BCUT2D eigenvalue weighted by molar-refractivity contribution is 5.35. The third-order valence-electron chi connectivity index (χ3n) is 3.71. The molecule has 2 aromatic carbocycles. The Hall–Kier alpha value is -1.67. The number of halogens is 1. The molecule has 0 aliphatic carbocycles. The van der Waals surface area contributed by atoms with E-state index in [4.69, 9.17) is 0 Å². The zero-order chi connectivity index (χ0) is 15.4. The molecule has 0 heterocycles. The number of aryl methyl sites for hydroxylation is 1. The highest BCUT2D eigenvalue weighted by atomic mass is 19.1. The molecule has 21 heavy (non-hydrogen) atoms. The fourth-order valence-corrected chi connectivity index (χ4v) is 2.69. The second-order valence-electron chi connectivity index (χ2n) is 6.09. The van der Waals surface area contributed by atoms with Gasteiger partial charge in [-0.2, -0.15) is 0 Å². The zero-order valence-corrected chi connectivity index (χ0v) is 13.3. The summed E-state index contributed by atoms with van der Waals surface area (Å²) in [5.74, 6) is 0.492. The van der Waals surface area contributed by atoms with Crippen molar-refractivity contribution in [1.29, 1.82) is 0 Å². The summed E-state index contributed by atoms with van der Waals surface area (Å²) in [5, 5.41) is 3.22. The van der Waals surface area contributed by atoms with Crippen LogP contribution in [0.4, 0.5) is 4.39 Å². The summed E-state index contributed by atoms with van der Waals surface area (Å²) in [5.41, 5.74) is 4.05. The van der Waals surface area contributed by atoms with Crippen LogP contribution in [-0.2, 0) is 6.42 Å². The molecule has 1 atom stereocenters. The topological polar surface area (TPSA) is 12.0 Å². The maximum absolute atomic E-state index is 14.2. The highest BCUT2D eigenvalue weighted by Crippen LogP contribution is 2.25. The fraction of sp³-hybridized carbons (Fsp3) is 0.368. The van der Waals surface area contributed by atoms with E-state index >= 15 is 0 Å². The average Bonchev–Trinajstić information content (AvgIpc) is 2.43. The molecule has 112 valence electrons. The number of rotatable bonds is 5. The molecule has 1 unspecified atom stereocenters. The molecule has 0 bridgehead atoms.